The molecule has 2 rings (SSSR count). The maximum absolute atomic E-state index is 12.2. The third-order valence-electron chi connectivity index (χ3n) is 2.49. The Hall–Kier alpha value is -2.15. The quantitative estimate of drug-likeness (QED) is 0.880. The van der Waals surface area contributed by atoms with Crippen molar-refractivity contribution in [2.24, 2.45) is 0 Å². The average molecular weight is 232 g/mol. The number of hydrogen-bond acceptors (Lipinski definition) is 2. The molecular weight excluding hydrogens is 222 g/mol. The number of anilines is 1. The molecular formula is C13H10F2N2. The van der Waals surface area contributed by atoms with E-state index in [-0.39, 0.29) is 0 Å². The van der Waals surface area contributed by atoms with Crippen LogP contribution in [-0.4, -0.2) is 13.0 Å². The molecule has 17 heavy (non-hydrogen) atoms. The van der Waals surface area contributed by atoms with Crippen LogP contribution in [0.1, 0.15) is 5.56 Å². The van der Waals surface area contributed by atoms with E-state index in [4.69, 9.17) is 5.26 Å². The van der Waals surface area contributed by atoms with Crippen LogP contribution in [0.3, 0.4) is 0 Å². The van der Waals surface area contributed by atoms with E-state index >= 15 is 0 Å². The second-order valence-corrected chi connectivity index (χ2v) is 3.59. The molecule has 0 atom stereocenters. The zero-order valence-corrected chi connectivity index (χ0v) is 8.95. The fraction of sp³-hybridized carbons (Fsp3) is 0.154. The Morgan fingerprint density at radius 2 is 1.82 bits per heavy atom. The fourth-order valence-corrected chi connectivity index (χ4v) is 1.74. The Bertz CT molecular complexity index is 573. The molecule has 0 aliphatic carbocycles. The summed E-state index contributed by atoms with van der Waals surface area (Å²) in [6.45, 7) is -0.393. The molecule has 0 spiro atoms. The predicted octanol–water partition coefficient (Wildman–Crippen LogP) is 3.39. The number of hydrogen-bond donors (Lipinski definition) is 1. The molecule has 0 bridgehead atoms. The number of fused-ring (bicyclic) bond motifs is 1. The van der Waals surface area contributed by atoms with Crippen molar-refractivity contribution in [1.29, 1.82) is 5.26 Å². The Morgan fingerprint density at radius 1 is 1.12 bits per heavy atom. The van der Waals surface area contributed by atoms with Crippen molar-refractivity contribution >= 4 is 16.5 Å². The van der Waals surface area contributed by atoms with Gasteiger partial charge >= 0.3 is 0 Å². The number of nitrogens with one attached hydrogen (secondary N) is 1. The molecule has 0 heterocycles. The Kier molecular flexibility index (Phi) is 3.20. The highest BCUT2D eigenvalue weighted by atomic mass is 19.3. The number of nitriles is 1. The van der Waals surface area contributed by atoms with Gasteiger partial charge in [-0.05, 0) is 12.1 Å². The summed E-state index contributed by atoms with van der Waals surface area (Å²) in [4.78, 5) is 0. The lowest BCUT2D eigenvalue weighted by Gasteiger charge is -2.10. The third kappa shape index (κ3) is 2.34. The molecule has 0 aliphatic rings. The molecule has 4 heteroatoms. The van der Waals surface area contributed by atoms with Gasteiger partial charge in [-0.2, -0.15) is 5.26 Å². The van der Waals surface area contributed by atoms with Gasteiger partial charge in [0.25, 0.3) is 6.43 Å². The van der Waals surface area contributed by atoms with E-state index in [2.05, 4.69) is 11.4 Å². The fourth-order valence-electron chi connectivity index (χ4n) is 1.74. The van der Waals surface area contributed by atoms with Crippen LogP contribution in [0.4, 0.5) is 14.5 Å². The van der Waals surface area contributed by atoms with E-state index in [1.54, 1.807) is 18.2 Å². The molecule has 2 aromatic carbocycles. The van der Waals surface area contributed by atoms with Crippen LogP contribution >= 0.6 is 0 Å². The van der Waals surface area contributed by atoms with Crippen LogP contribution in [0.15, 0.2) is 36.4 Å². The molecule has 1 N–H and O–H groups in total. The van der Waals surface area contributed by atoms with Crippen LogP contribution in [0.2, 0.25) is 0 Å². The lowest BCUT2D eigenvalue weighted by molar-refractivity contribution is 0.163. The number of nitrogens with zero attached hydrogens (tertiary/aromatic N) is 1. The van der Waals surface area contributed by atoms with Gasteiger partial charge in [0.2, 0.25) is 0 Å². The normalized spacial score (nSPS) is 10.5. The SMILES string of the molecule is N#Cc1ccc(NCC(F)F)c2ccccc12. The van der Waals surface area contributed by atoms with Crippen molar-refractivity contribution in [3.8, 4) is 6.07 Å². The first-order valence-corrected chi connectivity index (χ1v) is 5.16. The van der Waals surface area contributed by atoms with Gasteiger partial charge in [-0.25, -0.2) is 8.78 Å². The van der Waals surface area contributed by atoms with Crippen molar-refractivity contribution in [2.75, 3.05) is 11.9 Å². The molecule has 86 valence electrons. The molecule has 0 amide bonds. The highest BCUT2D eigenvalue weighted by Crippen LogP contribution is 2.26. The average Bonchev–Trinajstić information content (AvgIpc) is 2.35. The van der Waals surface area contributed by atoms with Gasteiger partial charge in [-0.1, -0.05) is 24.3 Å². The number of halogens is 2. The summed E-state index contributed by atoms with van der Waals surface area (Å²) in [5.74, 6) is 0. The first kappa shape index (κ1) is 11.3. The summed E-state index contributed by atoms with van der Waals surface area (Å²) in [5.41, 5.74) is 1.17. The summed E-state index contributed by atoms with van der Waals surface area (Å²) in [6, 6.07) is 12.6. The van der Waals surface area contributed by atoms with Crippen molar-refractivity contribution < 1.29 is 8.78 Å². The molecule has 0 saturated heterocycles. The molecule has 0 radical (unpaired) electrons. The van der Waals surface area contributed by atoms with E-state index in [9.17, 15) is 8.78 Å². The highest BCUT2D eigenvalue weighted by molar-refractivity contribution is 5.97. The number of benzene rings is 2. The van der Waals surface area contributed by atoms with Gasteiger partial charge in [0, 0.05) is 16.5 Å². The topological polar surface area (TPSA) is 35.8 Å². The zero-order chi connectivity index (χ0) is 12.3. The van der Waals surface area contributed by atoms with Crippen LogP contribution in [0.5, 0.6) is 0 Å². The van der Waals surface area contributed by atoms with Crippen molar-refractivity contribution in [1.82, 2.24) is 0 Å². The Balaban J connectivity index is 2.48. The maximum Gasteiger partial charge on any atom is 0.255 e. The van der Waals surface area contributed by atoms with Crippen molar-refractivity contribution in [3.05, 3.63) is 42.0 Å². The van der Waals surface area contributed by atoms with Gasteiger partial charge in [-0.3, -0.25) is 0 Å². The van der Waals surface area contributed by atoms with Crippen LogP contribution in [0.25, 0.3) is 10.8 Å². The first-order chi connectivity index (χ1) is 8.22. The van der Waals surface area contributed by atoms with Gasteiger partial charge in [-0.15, -0.1) is 0 Å². The summed E-state index contributed by atoms with van der Waals surface area (Å²) < 4.78 is 24.3. The monoisotopic (exact) mass is 232 g/mol. The lowest BCUT2D eigenvalue weighted by Crippen LogP contribution is -2.10. The number of rotatable bonds is 3. The maximum atomic E-state index is 12.2. The minimum Gasteiger partial charge on any atom is -0.379 e. The predicted molar refractivity (Wildman–Crippen MR) is 63.2 cm³/mol. The summed E-state index contributed by atoms with van der Waals surface area (Å²) >= 11 is 0. The standard InChI is InChI=1S/C13H10F2N2/c14-13(15)8-17-12-6-5-9(7-16)10-3-1-2-4-11(10)12/h1-6,13,17H,8H2. The highest BCUT2D eigenvalue weighted by Gasteiger charge is 2.07. The van der Waals surface area contributed by atoms with E-state index in [0.717, 1.165) is 10.8 Å². The molecule has 0 saturated carbocycles. The number of alkyl halides is 2. The van der Waals surface area contributed by atoms with Gasteiger partial charge < -0.3 is 5.32 Å². The first-order valence-electron chi connectivity index (χ1n) is 5.16. The van der Waals surface area contributed by atoms with Crippen LogP contribution < -0.4 is 5.32 Å². The van der Waals surface area contributed by atoms with E-state index < -0.39 is 13.0 Å². The van der Waals surface area contributed by atoms with E-state index in [0.29, 0.717) is 11.3 Å². The van der Waals surface area contributed by atoms with Crippen molar-refractivity contribution in [2.45, 2.75) is 6.43 Å². The summed E-state index contributed by atoms with van der Waals surface area (Å²) in [7, 11) is 0. The minimum absolute atomic E-state index is 0.393. The largest absolute Gasteiger partial charge is 0.379 e. The molecule has 0 unspecified atom stereocenters. The molecule has 0 aromatic heterocycles. The molecule has 2 aromatic rings. The molecule has 0 aliphatic heterocycles. The van der Waals surface area contributed by atoms with E-state index in [1.165, 1.54) is 0 Å². The second-order valence-electron chi connectivity index (χ2n) is 3.59. The Labute approximate surface area is 97.5 Å². The third-order valence-corrected chi connectivity index (χ3v) is 2.49. The van der Waals surface area contributed by atoms with Gasteiger partial charge in [0.15, 0.2) is 0 Å². The Morgan fingerprint density at radius 3 is 2.47 bits per heavy atom. The molecule has 2 nitrogen and oxygen atoms in total. The minimum atomic E-state index is -2.40. The van der Waals surface area contributed by atoms with Gasteiger partial charge in [0.1, 0.15) is 0 Å². The zero-order valence-electron chi connectivity index (χ0n) is 8.95. The second kappa shape index (κ2) is 4.79. The molecule has 0 fully saturated rings. The van der Waals surface area contributed by atoms with Crippen LogP contribution in [-0.2, 0) is 0 Å². The summed E-state index contributed by atoms with van der Waals surface area (Å²) in [5, 5.41) is 13.2. The smallest absolute Gasteiger partial charge is 0.255 e. The van der Waals surface area contributed by atoms with Crippen LogP contribution in [0, 0.1) is 11.3 Å². The van der Waals surface area contributed by atoms with Gasteiger partial charge in [0.05, 0.1) is 18.2 Å². The summed E-state index contributed by atoms with van der Waals surface area (Å²) in [6.07, 6.45) is -2.40. The van der Waals surface area contributed by atoms with Crippen molar-refractivity contribution in [3.63, 3.8) is 0 Å². The van der Waals surface area contributed by atoms with E-state index in [1.807, 2.05) is 18.2 Å². The lowest BCUT2D eigenvalue weighted by atomic mass is 10.0.